The highest BCUT2D eigenvalue weighted by Gasteiger charge is 2.31. The molecule has 0 unspecified atom stereocenters. The van der Waals surface area contributed by atoms with Crippen molar-refractivity contribution in [3.05, 3.63) is 23.8 Å². The van der Waals surface area contributed by atoms with Crippen molar-refractivity contribution in [3.8, 4) is 5.75 Å². The van der Waals surface area contributed by atoms with Gasteiger partial charge in [-0.05, 0) is 18.2 Å². The Balaban J connectivity index is 3.12. The first-order valence-electron chi connectivity index (χ1n) is 5.59. The summed E-state index contributed by atoms with van der Waals surface area (Å²) < 4.78 is 72.5. The first-order valence-corrected chi connectivity index (χ1v) is 8.36. The van der Waals surface area contributed by atoms with E-state index in [1.165, 1.54) is 7.11 Å². The second kappa shape index (κ2) is 7.32. The van der Waals surface area contributed by atoms with Crippen LogP contribution in [-0.2, 0) is 20.9 Å². The van der Waals surface area contributed by atoms with Crippen LogP contribution in [0.25, 0.3) is 0 Å². The van der Waals surface area contributed by atoms with Gasteiger partial charge in [-0.25, -0.2) is 8.42 Å². The van der Waals surface area contributed by atoms with Crippen LogP contribution in [-0.4, -0.2) is 33.4 Å². The van der Waals surface area contributed by atoms with Crippen LogP contribution in [0.1, 0.15) is 5.56 Å². The number of benzene rings is 1. The standard InChI is InChI=1S/C11H13BrF3NO4S/c1-19-4-5-20-10-3-2-8(11(13,14)15)6-9(10)16-21(17,18)7-12/h2-3,6,16H,4-5,7H2,1H3. The van der Waals surface area contributed by atoms with E-state index in [2.05, 4.69) is 15.9 Å². The third kappa shape index (κ3) is 5.71. The third-order valence-corrected chi connectivity index (χ3v) is 4.89. The summed E-state index contributed by atoms with van der Waals surface area (Å²) >= 11 is 2.74. The van der Waals surface area contributed by atoms with E-state index < -0.39 is 26.4 Å². The molecule has 10 heteroatoms. The van der Waals surface area contributed by atoms with Crippen molar-refractivity contribution in [1.82, 2.24) is 0 Å². The molecule has 0 aliphatic heterocycles. The topological polar surface area (TPSA) is 64.6 Å². The lowest BCUT2D eigenvalue weighted by Gasteiger charge is -2.15. The number of ether oxygens (including phenoxy) is 2. The summed E-state index contributed by atoms with van der Waals surface area (Å²) in [4.78, 5) is 0. The quantitative estimate of drug-likeness (QED) is 0.573. The highest BCUT2D eigenvalue weighted by atomic mass is 79.9. The van der Waals surface area contributed by atoms with E-state index in [0.717, 1.165) is 12.1 Å². The highest BCUT2D eigenvalue weighted by Crippen LogP contribution is 2.35. The Kier molecular flexibility index (Phi) is 6.29. The molecule has 0 amide bonds. The molecule has 1 aromatic carbocycles. The number of methoxy groups -OCH3 is 1. The summed E-state index contributed by atoms with van der Waals surface area (Å²) in [7, 11) is -2.36. The minimum Gasteiger partial charge on any atom is -0.489 e. The van der Waals surface area contributed by atoms with Gasteiger partial charge in [-0.1, -0.05) is 15.9 Å². The van der Waals surface area contributed by atoms with Gasteiger partial charge in [0, 0.05) is 7.11 Å². The van der Waals surface area contributed by atoms with Crippen molar-refractivity contribution >= 4 is 31.6 Å². The van der Waals surface area contributed by atoms with E-state index in [0.29, 0.717) is 6.07 Å². The van der Waals surface area contributed by atoms with Crippen LogP contribution < -0.4 is 9.46 Å². The van der Waals surface area contributed by atoms with Crippen molar-refractivity contribution < 1.29 is 31.1 Å². The van der Waals surface area contributed by atoms with Gasteiger partial charge < -0.3 is 9.47 Å². The van der Waals surface area contributed by atoms with Crippen LogP contribution in [0.15, 0.2) is 18.2 Å². The predicted molar refractivity (Wildman–Crippen MR) is 75.2 cm³/mol. The van der Waals surface area contributed by atoms with Crippen LogP contribution in [0, 0.1) is 0 Å². The summed E-state index contributed by atoms with van der Waals surface area (Å²) in [6.07, 6.45) is -4.58. The van der Waals surface area contributed by atoms with Gasteiger partial charge in [0.2, 0.25) is 10.0 Å². The van der Waals surface area contributed by atoms with E-state index >= 15 is 0 Å². The Morgan fingerprint density at radius 2 is 1.95 bits per heavy atom. The molecule has 5 nitrogen and oxygen atoms in total. The van der Waals surface area contributed by atoms with E-state index in [9.17, 15) is 21.6 Å². The fraction of sp³-hybridized carbons (Fsp3) is 0.455. The van der Waals surface area contributed by atoms with Gasteiger partial charge in [-0.3, -0.25) is 4.72 Å². The maximum Gasteiger partial charge on any atom is 0.416 e. The fourth-order valence-corrected chi connectivity index (χ4v) is 2.23. The molecule has 0 aromatic heterocycles. The van der Waals surface area contributed by atoms with Gasteiger partial charge in [0.25, 0.3) is 0 Å². The molecule has 0 fully saturated rings. The Bertz CT molecular complexity index is 577. The molecule has 0 radical (unpaired) electrons. The monoisotopic (exact) mass is 391 g/mol. The van der Waals surface area contributed by atoms with Crippen LogP contribution in [0.3, 0.4) is 0 Å². The summed E-state index contributed by atoms with van der Waals surface area (Å²) in [5, 5.41) is 0. The van der Waals surface area contributed by atoms with E-state index in [1.54, 1.807) is 0 Å². The average molecular weight is 392 g/mol. The van der Waals surface area contributed by atoms with E-state index in [1.807, 2.05) is 4.72 Å². The molecule has 21 heavy (non-hydrogen) atoms. The number of anilines is 1. The molecule has 0 heterocycles. The number of rotatable bonds is 7. The number of hydrogen-bond acceptors (Lipinski definition) is 4. The van der Waals surface area contributed by atoms with Gasteiger partial charge >= 0.3 is 6.18 Å². The third-order valence-electron chi connectivity index (χ3n) is 2.26. The van der Waals surface area contributed by atoms with Gasteiger partial charge in [0.05, 0.1) is 17.9 Å². The van der Waals surface area contributed by atoms with Crippen molar-refractivity contribution in [2.45, 2.75) is 6.18 Å². The number of hydrogen-bond donors (Lipinski definition) is 1. The zero-order valence-corrected chi connectivity index (χ0v) is 13.3. The molecule has 1 aromatic rings. The molecule has 1 N–H and O–H groups in total. The zero-order chi connectivity index (χ0) is 16.1. The number of alkyl halides is 4. The molecular weight excluding hydrogens is 379 g/mol. The normalized spacial score (nSPS) is 12.2. The smallest absolute Gasteiger partial charge is 0.416 e. The molecular formula is C11H13BrF3NO4S. The van der Waals surface area contributed by atoms with Gasteiger partial charge in [-0.2, -0.15) is 13.2 Å². The van der Waals surface area contributed by atoms with E-state index in [4.69, 9.17) is 9.47 Å². The Morgan fingerprint density at radius 3 is 2.48 bits per heavy atom. The molecule has 0 bridgehead atoms. The molecule has 1 rings (SSSR count). The van der Waals surface area contributed by atoms with Crippen LogP contribution in [0.5, 0.6) is 5.75 Å². The Morgan fingerprint density at radius 1 is 1.29 bits per heavy atom. The average Bonchev–Trinajstić information content (AvgIpc) is 2.39. The summed E-state index contributed by atoms with van der Waals surface area (Å²) in [5.74, 6) is -0.00965. The summed E-state index contributed by atoms with van der Waals surface area (Å²) in [5.41, 5.74) is -1.26. The van der Waals surface area contributed by atoms with Crippen molar-refractivity contribution in [3.63, 3.8) is 0 Å². The van der Waals surface area contributed by atoms with Crippen LogP contribution >= 0.6 is 15.9 Å². The highest BCUT2D eigenvalue weighted by molar-refractivity contribution is 9.10. The first-order chi connectivity index (χ1) is 9.69. The Hall–Kier alpha value is -1.00. The number of halogens is 4. The first kappa shape index (κ1) is 18.1. The summed E-state index contributed by atoms with van der Waals surface area (Å²) in [6.45, 7) is 0.288. The maximum absolute atomic E-state index is 12.7. The molecule has 0 saturated carbocycles. The van der Waals surface area contributed by atoms with Gasteiger partial charge in [-0.15, -0.1) is 0 Å². The summed E-state index contributed by atoms with van der Waals surface area (Å²) in [6, 6.07) is 2.56. The molecule has 0 saturated heterocycles. The number of sulfonamides is 1. The predicted octanol–water partition coefficient (Wildman–Crippen LogP) is 2.82. The van der Waals surface area contributed by atoms with Gasteiger partial charge in [0.1, 0.15) is 17.0 Å². The molecule has 0 atom stereocenters. The fourth-order valence-electron chi connectivity index (χ4n) is 1.34. The Labute approximate surface area is 128 Å². The largest absolute Gasteiger partial charge is 0.489 e. The minimum atomic E-state index is -4.58. The van der Waals surface area contributed by atoms with Crippen LogP contribution in [0.4, 0.5) is 18.9 Å². The molecule has 120 valence electrons. The second-order valence-electron chi connectivity index (χ2n) is 3.88. The lowest BCUT2D eigenvalue weighted by atomic mass is 10.2. The lowest BCUT2D eigenvalue weighted by molar-refractivity contribution is -0.137. The molecule has 0 spiro atoms. The molecule has 0 aliphatic carbocycles. The SMILES string of the molecule is COCCOc1ccc(C(F)(F)F)cc1NS(=O)(=O)CBr. The van der Waals surface area contributed by atoms with E-state index in [-0.39, 0.29) is 24.7 Å². The lowest BCUT2D eigenvalue weighted by Crippen LogP contribution is -2.16. The molecule has 0 aliphatic rings. The second-order valence-corrected chi connectivity index (χ2v) is 6.90. The zero-order valence-electron chi connectivity index (χ0n) is 10.9. The maximum atomic E-state index is 12.7. The number of nitrogens with one attached hydrogen (secondary N) is 1. The van der Waals surface area contributed by atoms with Crippen molar-refractivity contribution in [1.29, 1.82) is 0 Å². The van der Waals surface area contributed by atoms with Crippen molar-refractivity contribution in [2.24, 2.45) is 0 Å². The van der Waals surface area contributed by atoms with Crippen LogP contribution in [0.2, 0.25) is 0 Å². The van der Waals surface area contributed by atoms with Gasteiger partial charge in [0.15, 0.2) is 0 Å². The minimum absolute atomic E-state index is 0.00965. The van der Waals surface area contributed by atoms with Crippen molar-refractivity contribution in [2.75, 3.05) is 29.7 Å².